The van der Waals surface area contributed by atoms with E-state index in [-0.39, 0.29) is 57.1 Å². The molecule has 4 heterocycles. The minimum atomic E-state index is -3.32. The standard InChI is InChI=1S/C35H36ClF4N7O5/c1-35(2,3)52-34(50)46-11-8-20(9-12-46)31(48)44-14-16-45(17-15-44)32(49)22-5-4-21(18-24(22)36)43-29-30-42-19-25(47(30)13-10-41-29)23-6-7-26(51-33(39)40)28(38)27(23)37/h4-7,10,13,18-20,33H,8-9,11-12,14-17H2,1-3H3,(H,41,43). The SMILES string of the molecule is CC(C)(C)OC(=O)N1CCC(C(=O)N2CCN(C(=O)c3ccc(Nc4nccn5c(-c6ccc(OC(F)F)c(F)c6F)cnc45)cc3Cl)CC2)CC1. The fourth-order valence-corrected chi connectivity index (χ4v) is 6.48. The van der Waals surface area contributed by atoms with E-state index in [1.54, 1.807) is 32.9 Å². The van der Waals surface area contributed by atoms with Gasteiger partial charge in [-0.3, -0.25) is 14.0 Å². The van der Waals surface area contributed by atoms with Gasteiger partial charge in [0.25, 0.3) is 5.91 Å². The molecule has 2 saturated heterocycles. The Hall–Kier alpha value is -5.12. The largest absolute Gasteiger partial charge is 0.444 e. The van der Waals surface area contributed by atoms with Crippen LogP contribution in [0.25, 0.3) is 16.9 Å². The first-order chi connectivity index (χ1) is 24.7. The first kappa shape index (κ1) is 36.7. The second kappa shape index (κ2) is 14.9. The predicted octanol–water partition coefficient (Wildman–Crippen LogP) is 6.60. The summed E-state index contributed by atoms with van der Waals surface area (Å²) in [6.45, 7) is 4.42. The highest BCUT2D eigenvalue weighted by atomic mass is 35.5. The van der Waals surface area contributed by atoms with Crippen LogP contribution in [-0.4, -0.2) is 98.5 Å². The molecule has 0 unspecified atom stereocenters. The molecular formula is C35H36ClF4N7O5. The van der Waals surface area contributed by atoms with Crippen LogP contribution in [-0.2, 0) is 9.53 Å². The van der Waals surface area contributed by atoms with Gasteiger partial charge in [-0.2, -0.15) is 13.2 Å². The van der Waals surface area contributed by atoms with Crippen molar-refractivity contribution in [1.29, 1.82) is 0 Å². The van der Waals surface area contributed by atoms with Crippen molar-refractivity contribution in [3.8, 4) is 17.0 Å². The number of benzene rings is 2. The minimum Gasteiger partial charge on any atom is -0.444 e. The van der Waals surface area contributed by atoms with Gasteiger partial charge < -0.3 is 29.5 Å². The van der Waals surface area contributed by atoms with E-state index >= 15 is 0 Å². The molecule has 2 aliphatic heterocycles. The van der Waals surface area contributed by atoms with Gasteiger partial charge in [0.15, 0.2) is 23.0 Å². The van der Waals surface area contributed by atoms with Gasteiger partial charge in [-0.15, -0.1) is 0 Å². The number of nitrogens with one attached hydrogen (secondary N) is 1. The van der Waals surface area contributed by atoms with Gasteiger partial charge in [-0.05, 0) is 63.9 Å². The predicted molar refractivity (Wildman–Crippen MR) is 183 cm³/mol. The number of carbonyl (C=O) groups is 3. The monoisotopic (exact) mass is 745 g/mol. The molecule has 4 aromatic rings. The number of fused-ring (bicyclic) bond motifs is 1. The Balaban J connectivity index is 1.06. The van der Waals surface area contributed by atoms with Gasteiger partial charge in [0.05, 0.1) is 22.5 Å². The summed E-state index contributed by atoms with van der Waals surface area (Å²) in [6.07, 6.45) is 4.88. The van der Waals surface area contributed by atoms with Gasteiger partial charge in [0, 0.05) is 68.8 Å². The van der Waals surface area contributed by atoms with Gasteiger partial charge in [-0.25, -0.2) is 19.2 Å². The molecule has 276 valence electrons. The number of piperidine rings is 1. The lowest BCUT2D eigenvalue weighted by atomic mass is 9.95. The summed E-state index contributed by atoms with van der Waals surface area (Å²) in [7, 11) is 0. The van der Waals surface area contributed by atoms with Crippen LogP contribution in [0.5, 0.6) is 5.75 Å². The molecule has 6 rings (SSSR count). The third-order valence-corrected chi connectivity index (χ3v) is 9.12. The molecule has 0 aliphatic carbocycles. The van der Waals surface area contributed by atoms with Crippen LogP contribution < -0.4 is 10.1 Å². The third-order valence-electron chi connectivity index (χ3n) is 8.80. The number of amides is 3. The molecule has 2 fully saturated rings. The Morgan fingerprint density at radius 1 is 0.923 bits per heavy atom. The highest BCUT2D eigenvalue weighted by molar-refractivity contribution is 6.34. The van der Waals surface area contributed by atoms with Crippen molar-refractivity contribution in [1.82, 2.24) is 29.1 Å². The number of rotatable bonds is 7. The zero-order valence-electron chi connectivity index (χ0n) is 28.5. The number of aromatic nitrogens is 3. The van der Waals surface area contributed by atoms with E-state index < -0.39 is 29.6 Å². The van der Waals surface area contributed by atoms with Crippen LogP contribution in [0, 0.1) is 17.6 Å². The Labute approximate surface area is 301 Å². The summed E-state index contributed by atoms with van der Waals surface area (Å²) >= 11 is 6.57. The maximum atomic E-state index is 14.9. The van der Waals surface area contributed by atoms with Crippen molar-refractivity contribution >= 4 is 46.7 Å². The number of hydrogen-bond donors (Lipinski definition) is 1. The number of nitrogens with zero attached hydrogens (tertiary/aromatic N) is 6. The summed E-state index contributed by atoms with van der Waals surface area (Å²) in [4.78, 5) is 52.7. The third kappa shape index (κ3) is 7.86. The minimum absolute atomic E-state index is 0.0206. The molecule has 17 heteroatoms. The molecule has 0 atom stereocenters. The Bertz CT molecular complexity index is 1990. The number of alkyl halides is 2. The highest BCUT2D eigenvalue weighted by Crippen LogP contribution is 2.33. The molecular weight excluding hydrogens is 710 g/mol. The van der Waals surface area contributed by atoms with E-state index in [2.05, 4.69) is 20.0 Å². The summed E-state index contributed by atoms with van der Waals surface area (Å²) in [6, 6.07) is 6.77. The first-order valence-corrected chi connectivity index (χ1v) is 17.0. The quantitative estimate of drug-likeness (QED) is 0.210. The zero-order chi connectivity index (χ0) is 37.3. The van der Waals surface area contributed by atoms with Crippen molar-refractivity contribution in [2.75, 3.05) is 44.6 Å². The van der Waals surface area contributed by atoms with Crippen LogP contribution in [0.4, 0.5) is 33.9 Å². The normalized spacial score (nSPS) is 15.7. The average molecular weight is 746 g/mol. The lowest BCUT2D eigenvalue weighted by molar-refractivity contribution is -0.138. The van der Waals surface area contributed by atoms with Gasteiger partial charge >= 0.3 is 12.7 Å². The molecule has 2 aliphatic rings. The number of carbonyl (C=O) groups excluding carboxylic acids is 3. The van der Waals surface area contributed by atoms with E-state index in [0.717, 1.165) is 12.1 Å². The maximum absolute atomic E-state index is 14.9. The topological polar surface area (TPSA) is 122 Å². The second-order valence-electron chi connectivity index (χ2n) is 13.4. The number of likely N-dealkylation sites (tertiary alicyclic amines) is 1. The van der Waals surface area contributed by atoms with E-state index in [4.69, 9.17) is 16.3 Å². The van der Waals surface area contributed by atoms with Crippen molar-refractivity contribution in [3.63, 3.8) is 0 Å². The van der Waals surface area contributed by atoms with Crippen LogP contribution in [0.1, 0.15) is 44.0 Å². The summed E-state index contributed by atoms with van der Waals surface area (Å²) in [5.74, 6) is -4.10. The Morgan fingerprint density at radius 3 is 2.27 bits per heavy atom. The molecule has 0 bridgehead atoms. The Morgan fingerprint density at radius 2 is 1.62 bits per heavy atom. The molecule has 12 nitrogen and oxygen atoms in total. The van der Waals surface area contributed by atoms with Gasteiger partial charge in [-0.1, -0.05) is 11.6 Å². The first-order valence-electron chi connectivity index (χ1n) is 16.6. The van der Waals surface area contributed by atoms with Gasteiger partial charge in [0.1, 0.15) is 5.60 Å². The number of piperazine rings is 1. The van der Waals surface area contributed by atoms with Crippen molar-refractivity contribution < 1.29 is 41.4 Å². The number of imidazole rings is 1. The maximum Gasteiger partial charge on any atom is 0.410 e. The molecule has 3 amide bonds. The number of hydrogen-bond acceptors (Lipinski definition) is 8. The van der Waals surface area contributed by atoms with E-state index in [1.165, 1.54) is 23.0 Å². The molecule has 52 heavy (non-hydrogen) atoms. The number of halogens is 5. The summed E-state index contributed by atoms with van der Waals surface area (Å²) < 4.78 is 65.4. The lowest BCUT2D eigenvalue weighted by Gasteiger charge is -2.38. The average Bonchev–Trinajstić information content (AvgIpc) is 3.54. The smallest absolute Gasteiger partial charge is 0.410 e. The van der Waals surface area contributed by atoms with Crippen molar-refractivity contribution in [2.45, 2.75) is 45.8 Å². The van der Waals surface area contributed by atoms with E-state index in [9.17, 15) is 31.9 Å². The van der Waals surface area contributed by atoms with E-state index in [1.807, 2.05) is 20.8 Å². The van der Waals surface area contributed by atoms with Crippen LogP contribution >= 0.6 is 11.6 Å². The molecule has 2 aromatic carbocycles. The van der Waals surface area contributed by atoms with E-state index in [0.29, 0.717) is 57.8 Å². The number of ether oxygens (including phenoxy) is 2. The molecule has 0 saturated carbocycles. The number of anilines is 2. The van der Waals surface area contributed by atoms with Crippen LogP contribution in [0.15, 0.2) is 48.9 Å². The summed E-state index contributed by atoms with van der Waals surface area (Å²) in [5, 5.41) is 3.25. The van der Waals surface area contributed by atoms with Crippen molar-refractivity contribution in [3.05, 3.63) is 71.1 Å². The molecule has 0 radical (unpaired) electrons. The molecule has 2 aromatic heterocycles. The van der Waals surface area contributed by atoms with Crippen LogP contribution in [0.3, 0.4) is 0 Å². The fourth-order valence-electron chi connectivity index (χ4n) is 6.22. The molecule has 1 N–H and O–H groups in total. The molecule has 0 spiro atoms. The summed E-state index contributed by atoms with van der Waals surface area (Å²) in [5.41, 5.74) is 0.278. The highest BCUT2D eigenvalue weighted by Gasteiger charge is 2.34. The van der Waals surface area contributed by atoms with Crippen molar-refractivity contribution in [2.24, 2.45) is 5.92 Å². The second-order valence-corrected chi connectivity index (χ2v) is 13.8. The Kier molecular flexibility index (Phi) is 10.5. The zero-order valence-corrected chi connectivity index (χ0v) is 29.3. The fraction of sp³-hybridized carbons (Fsp3) is 0.400. The van der Waals surface area contributed by atoms with Crippen LogP contribution in [0.2, 0.25) is 5.02 Å². The van der Waals surface area contributed by atoms with Gasteiger partial charge in [0.2, 0.25) is 11.7 Å². The lowest BCUT2D eigenvalue weighted by Crippen LogP contribution is -2.53.